The number of hydrogen-bond acceptors (Lipinski definition) is 4. The molecule has 0 aliphatic rings. The van der Waals surface area contributed by atoms with Crippen molar-refractivity contribution in [3.05, 3.63) is 29.6 Å². The lowest BCUT2D eigenvalue weighted by atomic mass is 10.1. The van der Waals surface area contributed by atoms with Crippen LogP contribution in [0.15, 0.2) is 18.3 Å². The van der Waals surface area contributed by atoms with Crippen LogP contribution in [0.1, 0.15) is 22.5 Å². The average molecular weight is 190 g/mol. The molecule has 0 spiro atoms. The lowest BCUT2D eigenvalue weighted by molar-refractivity contribution is 0.0592. The molecule has 0 saturated heterocycles. The SMILES string of the molecule is COC(=O)c1ncccc1CCC#N. The van der Waals surface area contributed by atoms with Crippen LogP contribution >= 0.6 is 0 Å². The molecule has 0 bridgehead atoms. The van der Waals surface area contributed by atoms with E-state index in [1.165, 1.54) is 13.3 Å². The molecule has 14 heavy (non-hydrogen) atoms. The van der Waals surface area contributed by atoms with Gasteiger partial charge in [-0.2, -0.15) is 5.26 Å². The van der Waals surface area contributed by atoms with E-state index >= 15 is 0 Å². The van der Waals surface area contributed by atoms with E-state index in [2.05, 4.69) is 9.72 Å². The quantitative estimate of drug-likeness (QED) is 0.674. The number of carbonyl (C=O) groups excluding carboxylic acids is 1. The van der Waals surface area contributed by atoms with Gasteiger partial charge in [0.05, 0.1) is 13.2 Å². The second kappa shape index (κ2) is 4.97. The minimum absolute atomic E-state index is 0.297. The fourth-order valence-electron chi connectivity index (χ4n) is 1.11. The molecule has 0 aliphatic heterocycles. The summed E-state index contributed by atoms with van der Waals surface area (Å²) in [5, 5.41) is 8.43. The second-order valence-corrected chi connectivity index (χ2v) is 2.66. The summed E-state index contributed by atoms with van der Waals surface area (Å²) in [7, 11) is 1.31. The number of nitrogens with zero attached hydrogens (tertiary/aromatic N) is 2. The Bertz CT molecular complexity index is 369. The molecular weight excluding hydrogens is 180 g/mol. The summed E-state index contributed by atoms with van der Waals surface area (Å²) in [6.45, 7) is 0. The first-order valence-corrected chi connectivity index (χ1v) is 4.18. The van der Waals surface area contributed by atoms with Crippen molar-refractivity contribution >= 4 is 5.97 Å². The van der Waals surface area contributed by atoms with Crippen LogP contribution in [0.4, 0.5) is 0 Å². The number of hydrogen-bond donors (Lipinski definition) is 0. The highest BCUT2D eigenvalue weighted by molar-refractivity contribution is 5.88. The topological polar surface area (TPSA) is 63.0 Å². The number of aryl methyl sites for hydroxylation is 1. The van der Waals surface area contributed by atoms with Gasteiger partial charge in [0.1, 0.15) is 0 Å². The Balaban J connectivity index is 2.92. The van der Waals surface area contributed by atoms with Gasteiger partial charge < -0.3 is 4.74 Å². The van der Waals surface area contributed by atoms with Crippen LogP contribution in [0.25, 0.3) is 0 Å². The monoisotopic (exact) mass is 190 g/mol. The van der Waals surface area contributed by atoms with Gasteiger partial charge in [0, 0.05) is 12.6 Å². The Hall–Kier alpha value is -1.89. The van der Waals surface area contributed by atoms with Crippen LogP contribution in [0.3, 0.4) is 0 Å². The Morgan fingerprint density at radius 3 is 3.14 bits per heavy atom. The van der Waals surface area contributed by atoms with Crippen LogP contribution in [0, 0.1) is 11.3 Å². The molecule has 1 aromatic heterocycles. The van der Waals surface area contributed by atoms with Crippen molar-refractivity contribution < 1.29 is 9.53 Å². The number of esters is 1. The van der Waals surface area contributed by atoms with E-state index in [9.17, 15) is 4.79 Å². The summed E-state index contributed by atoms with van der Waals surface area (Å²) < 4.78 is 4.57. The van der Waals surface area contributed by atoms with Gasteiger partial charge in [-0.15, -0.1) is 0 Å². The predicted molar refractivity (Wildman–Crippen MR) is 49.5 cm³/mol. The first kappa shape index (κ1) is 10.2. The Labute approximate surface area is 82.1 Å². The molecule has 4 heteroatoms. The first-order chi connectivity index (χ1) is 6.79. The zero-order chi connectivity index (χ0) is 10.4. The number of rotatable bonds is 3. The molecule has 0 unspecified atom stereocenters. The zero-order valence-electron chi connectivity index (χ0n) is 7.86. The standard InChI is InChI=1S/C10H10N2O2/c1-14-10(13)9-8(4-2-6-11)5-3-7-12-9/h3,5,7H,2,4H2,1H3. The molecule has 0 radical (unpaired) electrons. The van der Waals surface area contributed by atoms with Gasteiger partial charge in [-0.1, -0.05) is 6.07 Å². The fraction of sp³-hybridized carbons (Fsp3) is 0.300. The van der Waals surface area contributed by atoms with Gasteiger partial charge in [-0.25, -0.2) is 9.78 Å². The molecule has 1 heterocycles. The van der Waals surface area contributed by atoms with Crippen molar-refractivity contribution in [3.8, 4) is 6.07 Å². The lowest BCUT2D eigenvalue weighted by Crippen LogP contribution is -2.08. The maximum Gasteiger partial charge on any atom is 0.356 e. The molecular formula is C10H10N2O2. The number of pyridine rings is 1. The van der Waals surface area contributed by atoms with E-state index in [-0.39, 0.29) is 0 Å². The molecule has 0 saturated carbocycles. The van der Waals surface area contributed by atoms with E-state index in [1.54, 1.807) is 12.1 Å². The third-order valence-corrected chi connectivity index (χ3v) is 1.78. The summed E-state index contributed by atoms with van der Waals surface area (Å²) >= 11 is 0. The van der Waals surface area contributed by atoms with Crippen LogP contribution in [0.5, 0.6) is 0 Å². The highest BCUT2D eigenvalue weighted by Crippen LogP contribution is 2.08. The molecule has 0 aromatic carbocycles. The van der Waals surface area contributed by atoms with Gasteiger partial charge in [0.2, 0.25) is 0 Å². The van der Waals surface area contributed by atoms with Crippen molar-refractivity contribution in [2.45, 2.75) is 12.8 Å². The molecule has 0 N–H and O–H groups in total. The summed E-state index contributed by atoms with van der Waals surface area (Å²) in [5.41, 5.74) is 1.05. The molecule has 1 rings (SSSR count). The fourth-order valence-corrected chi connectivity index (χ4v) is 1.11. The third kappa shape index (κ3) is 2.30. The van der Waals surface area contributed by atoms with Gasteiger partial charge in [-0.05, 0) is 18.1 Å². The molecule has 0 aliphatic carbocycles. The van der Waals surface area contributed by atoms with E-state index in [0.717, 1.165) is 5.56 Å². The lowest BCUT2D eigenvalue weighted by Gasteiger charge is -2.03. The molecule has 72 valence electrons. The maximum absolute atomic E-state index is 11.2. The van der Waals surface area contributed by atoms with Gasteiger partial charge >= 0.3 is 5.97 Å². The Kier molecular flexibility index (Phi) is 3.62. The average Bonchev–Trinajstić information content (AvgIpc) is 2.25. The van der Waals surface area contributed by atoms with Crippen LogP contribution in [0.2, 0.25) is 0 Å². The summed E-state index contributed by atoms with van der Waals surface area (Å²) in [6, 6.07) is 5.53. The van der Waals surface area contributed by atoms with Gasteiger partial charge in [-0.3, -0.25) is 0 Å². The smallest absolute Gasteiger partial charge is 0.356 e. The molecule has 0 atom stereocenters. The zero-order valence-corrected chi connectivity index (χ0v) is 7.86. The van der Waals surface area contributed by atoms with E-state index < -0.39 is 5.97 Å². The summed E-state index contributed by atoms with van der Waals surface area (Å²) in [5.74, 6) is -0.460. The van der Waals surface area contributed by atoms with Crippen molar-refractivity contribution in [1.82, 2.24) is 4.98 Å². The van der Waals surface area contributed by atoms with Crippen LogP contribution < -0.4 is 0 Å². The number of methoxy groups -OCH3 is 1. The minimum Gasteiger partial charge on any atom is -0.464 e. The molecule has 1 aromatic rings. The van der Waals surface area contributed by atoms with Crippen molar-refractivity contribution in [1.29, 1.82) is 5.26 Å². The number of nitriles is 1. The predicted octanol–water partition coefficient (Wildman–Crippen LogP) is 1.32. The molecule has 4 nitrogen and oxygen atoms in total. The van der Waals surface area contributed by atoms with Crippen molar-refractivity contribution in [2.75, 3.05) is 7.11 Å². The number of ether oxygens (including phenoxy) is 1. The first-order valence-electron chi connectivity index (χ1n) is 4.18. The van der Waals surface area contributed by atoms with Crippen molar-refractivity contribution in [3.63, 3.8) is 0 Å². The van der Waals surface area contributed by atoms with Crippen molar-refractivity contribution in [2.24, 2.45) is 0 Å². The third-order valence-electron chi connectivity index (χ3n) is 1.78. The van der Waals surface area contributed by atoms with E-state index in [1.807, 2.05) is 6.07 Å². The highest BCUT2D eigenvalue weighted by atomic mass is 16.5. The maximum atomic E-state index is 11.2. The number of aromatic nitrogens is 1. The van der Waals surface area contributed by atoms with E-state index in [4.69, 9.17) is 5.26 Å². The normalized spacial score (nSPS) is 9.14. The molecule has 0 fully saturated rings. The molecule has 0 amide bonds. The van der Waals surface area contributed by atoms with Crippen LogP contribution in [-0.4, -0.2) is 18.1 Å². The second-order valence-electron chi connectivity index (χ2n) is 2.66. The highest BCUT2D eigenvalue weighted by Gasteiger charge is 2.11. The van der Waals surface area contributed by atoms with Gasteiger partial charge in [0.25, 0.3) is 0 Å². The van der Waals surface area contributed by atoms with Crippen LogP contribution in [-0.2, 0) is 11.2 Å². The summed E-state index contributed by atoms with van der Waals surface area (Å²) in [6.07, 6.45) is 2.42. The Morgan fingerprint density at radius 2 is 2.50 bits per heavy atom. The van der Waals surface area contributed by atoms with Gasteiger partial charge in [0.15, 0.2) is 5.69 Å². The summed E-state index contributed by atoms with van der Waals surface area (Å²) in [4.78, 5) is 15.1. The largest absolute Gasteiger partial charge is 0.464 e. The Morgan fingerprint density at radius 1 is 1.71 bits per heavy atom. The minimum atomic E-state index is -0.460. The van der Waals surface area contributed by atoms with E-state index in [0.29, 0.717) is 18.5 Å². The number of carbonyl (C=O) groups is 1.